The van der Waals surface area contributed by atoms with E-state index in [1.807, 2.05) is 20.8 Å². The molecule has 2 N–H and O–H groups in total. The fourth-order valence-corrected chi connectivity index (χ4v) is 2.83. The highest BCUT2D eigenvalue weighted by Crippen LogP contribution is 2.29. The summed E-state index contributed by atoms with van der Waals surface area (Å²) >= 11 is 0. The number of ether oxygens (including phenoxy) is 1. The summed E-state index contributed by atoms with van der Waals surface area (Å²) in [6.07, 6.45) is 4.37. The fourth-order valence-electron chi connectivity index (χ4n) is 2.83. The maximum Gasteiger partial charge on any atom is 0.410 e. The number of hydrogen-bond acceptors (Lipinski definition) is 4. The molecule has 108 valence electrons. The van der Waals surface area contributed by atoms with Crippen LogP contribution in [0.1, 0.15) is 46.5 Å². The molecule has 0 aromatic rings. The first kappa shape index (κ1) is 14.2. The Morgan fingerprint density at radius 3 is 2.74 bits per heavy atom. The van der Waals surface area contributed by atoms with Crippen LogP contribution in [0.25, 0.3) is 0 Å². The number of nitrogens with zero attached hydrogens (tertiary/aromatic N) is 2. The lowest BCUT2D eigenvalue weighted by Gasteiger charge is -2.31. The van der Waals surface area contributed by atoms with E-state index in [1.165, 1.54) is 12.8 Å². The molecule has 2 aliphatic rings. The Kier molecular flexibility index (Phi) is 4.02. The number of aliphatic imine (C=N–C) groups is 1. The average molecular weight is 267 g/mol. The van der Waals surface area contributed by atoms with Crippen molar-refractivity contribution in [2.45, 2.75) is 58.1 Å². The van der Waals surface area contributed by atoms with E-state index < -0.39 is 5.60 Å². The van der Waals surface area contributed by atoms with Crippen molar-refractivity contribution in [2.24, 2.45) is 16.6 Å². The van der Waals surface area contributed by atoms with Gasteiger partial charge in [0.25, 0.3) is 0 Å². The number of carbonyl (C=O) groups is 1. The molecule has 1 aliphatic carbocycles. The normalized spacial score (nSPS) is 28.2. The average Bonchev–Trinajstić information content (AvgIpc) is 2.44. The van der Waals surface area contributed by atoms with Crippen molar-refractivity contribution in [3.05, 3.63) is 0 Å². The van der Waals surface area contributed by atoms with Gasteiger partial charge < -0.3 is 15.4 Å². The zero-order chi connectivity index (χ0) is 14.0. The predicted molar refractivity (Wildman–Crippen MR) is 75.2 cm³/mol. The van der Waals surface area contributed by atoms with Gasteiger partial charge in [0.15, 0.2) is 0 Å². The van der Waals surface area contributed by atoms with Crippen LogP contribution < -0.4 is 5.73 Å². The Morgan fingerprint density at radius 2 is 2.05 bits per heavy atom. The van der Waals surface area contributed by atoms with Gasteiger partial charge in [-0.05, 0) is 39.5 Å². The molecular formula is C14H25N3O2. The largest absolute Gasteiger partial charge is 0.444 e. The first-order chi connectivity index (χ1) is 8.85. The van der Waals surface area contributed by atoms with E-state index in [-0.39, 0.29) is 6.09 Å². The monoisotopic (exact) mass is 267 g/mol. The molecule has 1 aliphatic heterocycles. The van der Waals surface area contributed by atoms with Gasteiger partial charge in [0.1, 0.15) is 11.4 Å². The second-order valence-corrected chi connectivity index (χ2v) is 6.59. The predicted octanol–water partition coefficient (Wildman–Crippen LogP) is 2.15. The molecule has 0 spiro atoms. The Labute approximate surface area is 115 Å². The lowest BCUT2D eigenvalue weighted by Crippen LogP contribution is -2.43. The van der Waals surface area contributed by atoms with Crippen LogP contribution in [-0.4, -0.2) is 41.6 Å². The summed E-state index contributed by atoms with van der Waals surface area (Å²) in [5.41, 5.74) is 5.46. The van der Waals surface area contributed by atoms with Crippen molar-refractivity contribution < 1.29 is 9.53 Å². The summed E-state index contributed by atoms with van der Waals surface area (Å²) < 4.78 is 5.44. The first-order valence-electron chi connectivity index (χ1n) is 7.15. The number of amides is 1. The highest BCUT2D eigenvalue weighted by Gasteiger charge is 2.33. The minimum Gasteiger partial charge on any atom is -0.444 e. The quantitative estimate of drug-likeness (QED) is 0.731. The second kappa shape index (κ2) is 5.39. The zero-order valence-corrected chi connectivity index (χ0v) is 12.2. The second-order valence-electron chi connectivity index (χ2n) is 6.59. The third-order valence-corrected chi connectivity index (χ3v) is 3.66. The Bertz CT molecular complexity index is 373. The molecular weight excluding hydrogens is 242 g/mol. The molecule has 5 heteroatoms. The Morgan fingerprint density at radius 1 is 1.37 bits per heavy atom. The number of hydrogen-bond donors (Lipinski definition) is 1. The molecule has 0 saturated heterocycles. The van der Waals surface area contributed by atoms with Gasteiger partial charge in [-0.2, -0.15) is 0 Å². The van der Waals surface area contributed by atoms with Gasteiger partial charge in [0.2, 0.25) is 0 Å². The van der Waals surface area contributed by atoms with Crippen molar-refractivity contribution in [1.82, 2.24) is 4.90 Å². The van der Waals surface area contributed by atoms with Crippen LogP contribution in [0.3, 0.4) is 0 Å². The molecule has 0 radical (unpaired) electrons. The third kappa shape index (κ3) is 3.85. The summed E-state index contributed by atoms with van der Waals surface area (Å²) in [6.45, 7) is 6.74. The van der Waals surface area contributed by atoms with Crippen molar-refractivity contribution in [3.63, 3.8) is 0 Å². The van der Waals surface area contributed by atoms with Gasteiger partial charge in [0.05, 0.1) is 12.6 Å². The minimum atomic E-state index is -0.471. The molecule has 5 nitrogen and oxygen atoms in total. The lowest BCUT2D eigenvalue weighted by atomic mass is 9.85. The van der Waals surface area contributed by atoms with Gasteiger partial charge >= 0.3 is 6.09 Å². The third-order valence-electron chi connectivity index (χ3n) is 3.66. The van der Waals surface area contributed by atoms with Crippen molar-refractivity contribution >= 4 is 11.9 Å². The molecule has 1 saturated carbocycles. The fraction of sp³-hybridized carbons (Fsp3) is 0.857. The van der Waals surface area contributed by atoms with Crippen LogP contribution in [0.15, 0.2) is 4.99 Å². The van der Waals surface area contributed by atoms with E-state index in [4.69, 9.17) is 10.5 Å². The van der Waals surface area contributed by atoms with E-state index in [0.29, 0.717) is 30.9 Å². The maximum atomic E-state index is 12.2. The first-order valence-corrected chi connectivity index (χ1v) is 7.15. The molecule has 0 aromatic carbocycles. The maximum absolute atomic E-state index is 12.2. The summed E-state index contributed by atoms with van der Waals surface area (Å²) in [5.74, 6) is 0.988. The molecule has 1 amide bonds. The van der Waals surface area contributed by atoms with Gasteiger partial charge in [-0.1, -0.05) is 12.8 Å². The van der Waals surface area contributed by atoms with Crippen molar-refractivity contribution in [2.75, 3.05) is 13.1 Å². The smallest absolute Gasteiger partial charge is 0.410 e. The molecule has 0 bridgehead atoms. The van der Waals surface area contributed by atoms with Crippen LogP contribution >= 0.6 is 0 Å². The summed E-state index contributed by atoms with van der Waals surface area (Å²) in [7, 11) is 0. The minimum absolute atomic E-state index is 0.281. The van der Waals surface area contributed by atoms with Crippen molar-refractivity contribution in [1.29, 1.82) is 0 Å². The number of rotatable bonds is 0. The summed E-state index contributed by atoms with van der Waals surface area (Å²) in [4.78, 5) is 18.5. The lowest BCUT2D eigenvalue weighted by molar-refractivity contribution is 0.0242. The molecule has 0 unspecified atom stereocenters. The number of amidine groups is 1. The standard InChI is InChI=1S/C14H25N3O2/c1-14(2,3)19-13(18)17-8-10-6-4-5-7-11(10)16-12(15)9-17/h10-11H,4-9H2,1-3H3,(H2,15,16)/t10-,11+/m0/s1. The van der Waals surface area contributed by atoms with Gasteiger partial charge in [-0.15, -0.1) is 0 Å². The Balaban J connectivity index is 2.06. The topological polar surface area (TPSA) is 67.9 Å². The zero-order valence-electron chi connectivity index (χ0n) is 12.2. The van der Waals surface area contributed by atoms with E-state index in [0.717, 1.165) is 12.8 Å². The van der Waals surface area contributed by atoms with Crippen LogP contribution in [-0.2, 0) is 4.74 Å². The summed E-state index contributed by atoms with van der Waals surface area (Å²) in [6, 6.07) is 0.293. The number of carbonyl (C=O) groups excluding carboxylic acids is 1. The SMILES string of the molecule is CC(C)(C)OC(=O)N1CC(N)=N[C@@H]2CCCC[C@H]2C1. The number of fused-ring (bicyclic) bond motifs is 1. The van der Waals surface area contributed by atoms with E-state index in [1.54, 1.807) is 4.90 Å². The Hall–Kier alpha value is -1.26. The van der Waals surface area contributed by atoms with Gasteiger partial charge in [-0.3, -0.25) is 4.99 Å². The van der Waals surface area contributed by atoms with Crippen LogP contribution in [0.5, 0.6) is 0 Å². The van der Waals surface area contributed by atoms with E-state index in [2.05, 4.69) is 4.99 Å². The molecule has 1 heterocycles. The highest BCUT2D eigenvalue weighted by molar-refractivity contribution is 5.86. The van der Waals surface area contributed by atoms with Crippen LogP contribution in [0.2, 0.25) is 0 Å². The molecule has 2 rings (SSSR count). The van der Waals surface area contributed by atoms with Gasteiger partial charge in [-0.25, -0.2) is 4.79 Å². The van der Waals surface area contributed by atoms with E-state index >= 15 is 0 Å². The molecule has 0 aromatic heterocycles. The molecule has 2 atom stereocenters. The van der Waals surface area contributed by atoms with Crippen molar-refractivity contribution in [3.8, 4) is 0 Å². The molecule has 19 heavy (non-hydrogen) atoms. The molecule has 1 fully saturated rings. The highest BCUT2D eigenvalue weighted by atomic mass is 16.6. The van der Waals surface area contributed by atoms with Crippen LogP contribution in [0, 0.1) is 5.92 Å². The summed E-state index contributed by atoms with van der Waals surface area (Å²) in [5, 5.41) is 0. The van der Waals surface area contributed by atoms with E-state index in [9.17, 15) is 4.79 Å². The number of nitrogens with two attached hydrogens (primary N) is 1. The van der Waals surface area contributed by atoms with Crippen LogP contribution in [0.4, 0.5) is 4.79 Å². The van der Waals surface area contributed by atoms with Gasteiger partial charge in [0, 0.05) is 6.54 Å².